The average Bonchev–Trinajstić information content (AvgIpc) is 3.11. The van der Waals surface area contributed by atoms with Gasteiger partial charge < -0.3 is 0 Å². The van der Waals surface area contributed by atoms with E-state index in [1.54, 1.807) is 0 Å². The highest BCUT2D eigenvalue weighted by Crippen LogP contribution is 2.66. The van der Waals surface area contributed by atoms with Crippen LogP contribution in [-0.2, 0) is 4.79 Å². The number of hydrogen-bond donors (Lipinski definition) is 0. The molecule has 0 bridgehead atoms. The Morgan fingerprint density at radius 2 is 0.761 bits per heavy atom. The third-order valence-electron chi connectivity index (χ3n) is 15.3. The van der Waals surface area contributed by atoms with Gasteiger partial charge in [-0.25, -0.2) is 4.39 Å². The van der Waals surface area contributed by atoms with E-state index in [9.17, 15) is 4.79 Å². The number of rotatable bonds is 18. The van der Waals surface area contributed by atoms with Gasteiger partial charge in [-0.1, -0.05) is 142 Å². The second-order valence-electron chi connectivity index (χ2n) is 18.1. The molecule has 2 heteroatoms. The van der Waals surface area contributed by atoms with Crippen molar-refractivity contribution in [2.45, 2.75) is 225 Å². The molecule has 5 aliphatic carbocycles. The highest BCUT2D eigenvalue weighted by atomic mass is 19.1. The third kappa shape index (κ3) is 9.03. The summed E-state index contributed by atoms with van der Waals surface area (Å²) >= 11 is 0. The number of carbonyl (C=O) groups is 1. The Morgan fingerprint density at radius 1 is 0.457 bits per heavy atom. The molecule has 0 aromatic carbocycles. The van der Waals surface area contributed by atoms with Crippen molar-refractivity contribution in [3.8, 4) is 0 Å². The zero-order chi connectivity index (χ0) is 32.2. The molecule has 266 valence electrons. The van der Waals surface area contributed by atoms with Crippen molar-refractivity contribution < 1.29 is 9.18 Å². The van der Waals surface area contributed by atoms with Crippen molar-refractivity contribution in [1.29, 1.82) is 0 Å². The quantitative estimate of drug-likeness (QED) is 0.136. The van der Waals surface area contributed by atoms with Gasteiger partial charge in [-0.15, -0.1) is 0 Å². The number of alkyl halides is 1. The van der Waals surface area contributed by atoms with E-state index in [1.807, 2.05) is 0 Å². The minimum absolute atomic E-state index is 0.390. The van der Waals surface area contributed by atoms with Crippen LogP contribution in [0.5, 0.6) is 0 Å². The van der Waals surface area contributed by atoms with Gasteiger partial charge in [0.15, 0.2) is 5.78 Å². The van der Waals surface area contributed by atoms with Crippen molar-refractivity contribution in [3.63, 3.8) is 0 Å². The average molecular weight is 641 g/mol. The molecule has 0 atom stereocenters. The van der Waals surface area contributed by atoms with Crippen molar-refractivity contribution in [3.05, 3.63) is 0 Å². The number of halogens is 1. The van der Waals surface area contributed by atoms with Gasteiger partial charge in [-0.3, -0.25) is 4.79 Å². The number of unbranched alkanes of at least 4 members (excludes halogenated alkanes) is 12. The third-order valence-corrected chi connectivity index (χ3v) is 15.3. The van der Waals surface area contributed by atoms with Gasteiger partial charge in [0.25, 0.3) is 0 Å². The Hall–Kier alpha value is -0.400. The van der Waals surface area contributed by atoms with Gasteiger partial charge in [0, 0.05) is 0 Å². The number of ketones is 1. The van der Waals surface area contributed by atoms with Crippen LogP contribution < -0.4 is 0 Å². The Bertz CT molecular complexity index is 779. The number of Topliss-reactive ketones (excluding diaryl/α,β-unsaturated/α-hetero) is 1. The first-order valence-corrected chi connectivity index (χ1v) is 21.7. The zero-order valence-corrected chi connectivity index (χ0v) is 31.0. The van der Waals surface area contributed by atoms with Gasteiger partial charge in [-0.2, -0.15) is 0 Å². The zero-order valence-electron chi connectivity index (χ0n) is 31.0. The maximum Gasteiger partial charge on any atom is 0.151 e. The lowest BCUT2D eigenvalue weighted by Gasteiger charge is -2.62. The van der Waals surface area contributed by atoms with Crippen LogP contribution in [0.3, 0.4) is 0 Å². The van der Waals surface area contributed by atoms with E-state index in [0.29, 0.717) is 5.78 Å². The molecule has 0 heterocycles. The maximum absolute atomic E-state index is 16.3. The fourth-order valence-corrected chi connectivity index (χ4v) is 12.1. The molecule has 5 fully saturated rings. The summed E-state index contributed by atoms with van der Waals surface area (Å²) in [5.41, 5.74) is -1.16. The molecule has 0 N–H and O–H groups in total. The first-order chi connectivity index (χ1) is 22.5. The molecular weight excluding hydrogens is 563 g/mol. The largest absolute Gasteiger partial charge is 0.298 e. The summed E-state index contributed by atoms with van der Waals surface area (Å²) in [5, 5.41) is 0. The minimum Gasteiger partial charge on any atom is -0.298 e. The van der Waals surface area contributed by atoms with Crippen LogP contribution in [0.15, 0.2) is 0 Å². The molecule has 46 heavy (non-hydrogen) atoms. The molecule has 0 aromatic rings. The van der Waals surface area contributed by atoms with Crippen LogP contribution in [0.1, 0.15) is 219 Å². The Labute approximate surface area is 286 Å². The maximum atomic E-state index is 16.3. The predicted octanol–water partition coefficient (Wildman–Crippen LogP) is 14.2. The van der Waals surface area contributed by atoms with E-state index in [-0.39, 0.29) is 0 Å². The summed E-state index contributed by atoms with van der Waals surface area (Å²) in [7, 11) is 0. The van der Waals surface area contributed by atoms with Gasteiger partial charge in [0.05, 0.1) is 10.8 Å². The van der Waals surface area contributed by atoms with Crippen LogP contribution >= 0.6 is 0 Å². The predicted molar refractivity (Wildman–Crippen MR) is 195 cm³/mol. The highest BCUT2D eigenvalue weighted by Gasteiger charge is 2.71. The molecular formula is C44H77FO. The molecule has 0 aliphatic heterocycles. The second kappa shape index (κ2) is 18.6. The second-order valence-corrected chi connectivity index (χ2v) is 18.1. The van der Waals surface area contributed by atoms with E-state index in [1.165, 1.54) is 154 Å². The van der Waals surface area contributed by atoms with Crippen LogP contribution in [0.2, 0.25) is 0 Å². The number of hydrogen-bond acceptors (Lipinski definition) is 1. The van der Waals surface area contributed by atoms with Crippen LogP contribution in [0.4, 0.5) is 4.39 Å². The number of carbonyl (C=O) groups excluding carboxylic acids is 1. The summed E-state index contributed by atoms with van der Waals surface area (Å²) in [6.07, 6.45) is 41.2. The Balaban J connectivity index is 0.949. The fourth-order valence-electron chi connectivity index (χ4n) is 12.1. The van der Waals surface area contributed by atoms with Crippen molar-refractivity contribution in [2.75, 3.05) is 0 Å². The summed E-state index contributed by atoms with van der Waals surface area (Å²) in [6.45, 7) is 4.60. The summed E-state index contributed by atoms with van der Waals surface area (Å²) in [4.78, 5) is 13.9. The molecule has 0 amide bonds. The minimum atomic E-state index is -0.843. The van der Waals surface area contributed by atoms with E-state index in [2.05, 4.69) is 13.8 Å². The van der Waals surface area contributed by atoms with E-state index in [0.717, 1.165) is 86.9 Å². The summed E-state index contributed by atoms with van der Waals surface area (Å²) in [6, 6.07) is 0. The summed E-state index contributed by atoms with van der Waals surface area (Å²) < 4.78 is 16.3. The Kier molecular flexibility index (Phi) is 14.9. The van der Waals surface area contributed by atoms with Crippen LogP contribution in [0.25, 0.3) is 0 Å². The Morgan fingerprint density at radius 3 is 1.09 bits per heavy atom. The van der Waals surface area contributed by atoms with Gasteiger partial charge in [-0.05, 0) is 113 Å². The molecule has 5 saturated carbocycles. The lowest BCUT2D eigenvalue weighted by atomic mass is 9.41. The SMILES string of the molecule is CCCCCCCCCC1CCC(C2CC[C@]3(CC2)C(=O)[C@@]2(CCC(C4CCC(CCCCCCCCC)CC4)CC2)[C@H]3F)CC1. The molecule has 0 saturated heterocycles. The first kappa shape index (κ1) is 36.9. The lowest BCUT2D eigenvalue weighted by Crippen LogP contribution is -2.69. The van der Waals surface area contributed by atoms with Crippen LogP contribution in [-0.4, -0.2) is 12.0 Å². The molecule has 2 spiro atoms. The molecule has 5 aliphatic rings. The summed E-state index contributed by atoms with van der Waals surface area (Å²) in [5.74, 6) is 5.55. The normalized spacial score (nSPS) is 38.3. The first-order valence-electron chi connectivity index (χ1n) is 21.7. The van der Waals surface area contributed by atoms with Crippen LogP contribution in [0, 0.1) is 46.3 Å². The standard InChI is InChI=1S/C44H77FO/c1-3-5-7-9-11-13-15-17-35-19-23-37(24-20-35)39-27-31-43(32-28-39)41(45)44(42(43)46)33-29-40(30-34-44)38-25-21-36(22-26-38)18-16-14-12-10-8-6-4-2/h35-41H,3-34H2,1-2H3/t35?,36?,37?,38?,39?,40?,41?,43-,44-. The smallest absolute Gasteiger partial charge is 0.151 e. The van der Waals surface area contributed by atoms with Crippen molar-refractivity contribution >= 4 is 5.78 Å². The molecule has 5 rings (SSSR count). The van der Waals surface area contributed by atoms with E-state index < -0.39 is 17.0 Å². The van der Waals surface area contributed by atoms with Gasteiger partial charge in [0.1, 0.15) is 6.17 Å². The van der Waals surface area contributed by atoms with Crippen molar-refractivity contribution in [2.24, 2.45) is 46.3 Å². The highest BCUT2D eigenvalue weighted by molar-refractivity contribution is 5.98. The van der Waals surface area contributed by atoms with Gasteiger partial charge in [0.2, 0.25) is 0 Å². The van der Waals surface area contributed by atoms with E-state index in [4.69, 9.17) is 0 Å². The monoisotopic (exact) mass is 641 g/mol. The molecule has 0 unspecified atom stereocenters. The van der Waals surface area contributed by atoms with Crippen molar-refractivity contribution in [1.82, 2.24) is 0 Å². The molecule has 1 nitrogen and oxygen atoms in total. The molecule has 0 radical (unpaired) electrons. The van der Waals surface area contributed by atoms with Gasteiger partial charge >= 0.3 is 0 Å². The topological polar surface area (TPSA) is 17.1 Å². The fraction of sp³-hybridized carbons (Fsp3) is 0.977. The van der Waals surface area contributed by atoms with E-state index >= 15 is 4.39 Å². The lowest BCUT2D eigenvalue weighted by molar-refractivity contribution is -0.194. The molecule has 0 aromatic heterocycles.